The van der Waals surface area contributed by atoms with Gasteiger partial charge in [0.1, 0.15) is 6.20 Å². The fraction of sp³-hybridized carbons (Fsp3) is 0.400. The van der Waals surface area contributed by atoms with Gasteiger partial charge in [0, 0.05) is 7.05 Å². The van der Waals surface area contributed by atoms with Gasteiger partial charge in [0.2, 0.25) is 0 Å². The standard InChI is InChI=1S/C10H11N3O4/c1-11-10(14)9-8(17-7-2-3-7)4-6(5-12-9)13(15)16/h4-5,7H,2-3H2,1H3,(H,11,14). The summed E-state index contributed by atoms with van der Waals surface area (Å²) in [5, 5.41) is 13.0. The predicted octanol–water partition coefficient (Wildman–Crippen LogP) is 0.891. The van der Waals surface area contributed by atoms with E-state index in [1.165, 1.54) is 13.1 Å². The molecule has 1 aliphatic carbocycles. The van der Waals surface area contributed by atoms with Crippen LogP contribution in [-0.2, 0) is 0 Å². The van der Waals surface area contributed by atoms with Crippen molar-refractivity contribution in [3.63, 3.8) is 0 Å². The van der Waals surface area contributed by atoms with Crippen molar-refractivity contribution in [1.29, 1.82) is 0 Å². The highest BCUT2D eigenvalue weighted by atomic mass is 16.6. The summed E-state index contributed by atoms with van der Waals surface area (Å²) < 4.78 is 5.44. The van der Waals surface area contributed by atoms with E-state index in [4.69, 9.17) is 4.74 Å². The van der Waals surface area contributed by atoms with Crippen molar-refractivity contribution in [3.8, 4) is 5.75 Å². The van der Waals surface area contributed by atoms with Crippen LogP contribution < -0.4 is 10.1 Å². The summed E-state index contributed by atoms with van der Waals surface area (Å²) in [5.74, 6) is -0.253. The van der Waals surface area contributed by atoms with Gasteiger partial charge in [0.15, 0.2) is 11.4 Å². The first-order valence-electron chi connectivity index (χ1n) is 5.15. The van der Waals surface area contributed by atoms with Crippen LogP contribution in [-0.4, -0.2) is 29.0 Å². The number of rotatable bonds is 4. The van der Waals surface area contributed by atoms with Crippen molar-refractivity contribution in [3.05, 3.63) is 28.1 Å². The Morgan fingerprint density at radius 1 is 1.65 bits per heavy atom. The number of hydrogen-bond donors (Lipinski definition) is 1. The number of nitrogens with one attached hydrogen (secondary N) is 1. The van der Waals surface area contributed by atoms with Crippen LogP contribution in [0, 0.1) is 10.1 Å². The summed E-state index contributed by atoms with van der Waals surface area (Å²) in [5.41, 5.74) is -0.113. The molecule has 0 atom stereocenters. The number of nitrogens with zero attached hydrogens (tertiary/aromatic N) is 2. The molecule has 0 radical (unpaired) electrons. The fourth-order valence-corrected chi connectivity index (χ4v) is 1.28. The molecule has 1 aromatic heterocycles. The molecular weight excluding hydrogens is 226 g/mol. The first kappa shape index (κ1) is 11.3. The van der Waals surface area contributed by atoms with E-state index in [-0.39, 0.29) is 23.2 Å². The number of ether oxygens (including phenoxy) is 1. The molecule has 0 bridgehead atoms. The van der Waals surface area contributed by atoms with Crippen molar-refractivity contribution in [2.45, 2.75) is 18.9 Å². The lowest BCUT2D eigenvalue weighted by Crippen LogP contribution is -2.20. The Bertz CT molecular complexity index is 471. The van der Waals surface area contributed by atoms with Gasteiger partial charge in [-0.05, 0) is 12.8 Å². The van der Waals surface area contributed by atoms with Gasteiger partial charge in [0.05, 0.1) is 17.1 Å². The van der Waals surface area contributed by atoms with Crippen LogP contribution in [0.1, 0.15) is 23.3 Å². The van der Waals surface area contributed by atoms with Gasteiger partial charge in [0.25, 0.3) is 11.6 Å². The molecular formula is C10H11N3O4. The quantitative estimate of drug-likeness (QED) is 0.619. The Hall–Kier alpha value is -2.18. The SMILES string of the molecule is CNC(=O)c1ncc([N+](=O)[O-])cc1OC1CC1. The first-order chi connectivity index (χ1) is 8.11. The second kappa shape index (κ2) is 4.36. The Labute approximate surface area is 96.9 Å². The molecule has 1 aliphatic rings. The second-order valence-corrected chi connectivity index (χ2v) is 3.69. The second-order valence-electron chi connectivity index (χ2n) is 3.69. The molecule has 17 heavy (non-hydrogen) atoms. The molecule has 1 N–H and O–H groups in total. The summed E-state index contributed by atoms with van der Waals surface area (Å²) in [6.07, 6.45) is 2.89. The van der Waals surface area contributed by atoms with Crippen molar-refractivity contribution in [1.82, 2.24) is 10.3 Å². The number of hydrogen-bond acceptors (Lipinski definition) is 5. The first-order valence-corrected chi connectivity index (χ1v) is 5.15. The highest BCUT2D eigenvalue weighted by molar-refractivity contribution is 5.94. The average molecular weight is 237 g/mol. The fourth-order valence-electron chi connectivity index (χ4n) is 1.28. The van der Waals surface area contributed by atoms with E-state index in [0.717, 1.165) is 19.0 Å². The predicted molar refractivity (Wildman–Crippen MR) is 57.9 cm³/mol. The number of aromatic nitrogens is 1. The Balaban J connectivity index is 2.35. The highest BCUT2D eigenvalue weighted by Gasteiger charge is 2.27. The third-order valence-electron chi connectivity index (χ3n) is 2.31. The van der Waals surface area contributed by atoms with Gasteiger partial charge in [-0.15, -0.1) is 0 Å². The van der Waals surface area contributed by atoms with Crippen molar-refractivity contribution in [2.24, 2.45) is 0 Å². The molecule has 90 valence electrons. The van der Waals surface area contributed by atoms with Gasteiger partial charge < -0.3 is 10.1 Å². The molecule has 0 aliphatic heterocycles. The lowest BCUT2D eigenvalue weighted by Gasteiger charge is -2.08. The summed E-state index contributed by atoms with van der Waals surface area (Å²) in [6.45, 7) is 0. The molecule has 1 fully saturated rings. The number of pyridine rings is 1. The molecule has 0 aromatic carbocycles. The zero-order valence-electron chi connectivity index (χ0n) is 9.17. The maximum Gasteiger partial charge on any atom is 0.291 e. The minimum Gasteiger partial charge on any atom is -0.488 e. The van der Waals surface area contributed by atoms with Gasteiger partial charge in [-0.1, -0.05) is 0 Å². The van der Waals surface area contributed by atoms with Crippen LogP contribution in [0.2, 0.25) is 0 Å². The van der Waals surface area contributed by atoms with Crippen LogP contribution in [0.15, 0.2) is 12.3 Å². The Morgan fingerprint density at radius 3 is 2.88 bits per heavy atom. The molecule has 2 rings (SSSR count). The molecule has 0 unspecified atom stereocenters. The largest absolute Gasteiger partial charge is 0.488 e. The molecule has 0 spiro atoms. The maximum absolute atomic E-state index is 11.5. The van der Waals surface area contributed by atoms with Gasteiger partial charge in [-0.2, -0.15) is 0 Å². The van der Waals surface area contributed by atoms with E-state index in [0.29, 0.717) is 0 Å². The number of carbonyl (C=O) groups excluding carboxylic acids is 1. The third-order valence-corrected chi connectivity index (χ3v) is 2.31. The van der Waals surface area contributed by atoms with E-state index in [2.05, 4.69) is 10.3 Å². The molecule has 1 saturated carbocycles. The summed E-state index contributed by atoms with van der Waals surface area (Å²) in [7, 11) is 1.46. The van der Waals surface area contributed by atoms with E-state index in [1.54, 1.807) is 0 Å². The van der Waals surface area contributed by atoms with Crippen LogP contribution in [0.5, 0.6) is 5.75 Å². The molecule has 0 saturated heterocycles. The van der Waals surface area contributed by atoms with Crippen molar-refractivity contribution < 1.29 is 14.5 Å². The van der Waals surface area contributed by atoms with E-state index >= 15 is 0 Å². The number of carbonyl (C=O) groups is 1. The number of nitro groups is 1. The smallest absolute Gasteiger partial charge is 0.291 e. The van der Waals surface area contributed by atoms with Crippen LogP contribution in [0.4, 0.5) is 5.69 Å². The summed E-state index contributed by atoms with van der Waals surface area (Å²) >= 11 is 0. The maximum atomic E-state index is 11.5. The van der Waals surface area contributed by atoms with Crippen molar-refractivity contribution >= 4 is 11.6 Å². The molecule has 1 aromatic rings. The van der Waals surface area contributed by atoms with Gasteiger partial charge in [-0.3, -0.25) is 14.9 Å². The molecule has 1 amide bonds. The Kier molecular flexibility index (Phi) is 2.90. The lowest BCUT2D eigenvalue weighted by atomic mass is 10.3. The third kappa shape index (κ3) is 2.49. The zero-order valence-corrected chi connectivity index (χ0v) is 9.17. The number of amides is 1. The van der Waals surface area contributed by atoms with Gasteiger partial charge in [-0.25, -0.2) is 4.98 Å². The monoisotopic (exact) mass is 237 g/mol. The normalized spacial score (nSPS) is 14.2. The summed E-state index contributed by atoms with van der Waals surface area (Å²) in [6, 6.07) is 1.23. The van der Waals surface area contributed by atoms with E-state index < -0.39 is 10.8 Å². The van der Waals surface area contributed by atoms with Crippen LogP contribution >= 0.6 is 0 Å². The van der Waals surface area contributed by atoms with Gasteiger partial charge >= 0.3 is 0 Å². The van der Waals surface area contributed by atoms with Crippen LogP contribution in [0.3, 0.4) is 0 Å². The molecule has 7 heteroatoms. The zero-order chi connectivity index (χ0) is 12.4. The topological polar surface area (TPSA) is 94.4 Å². The average Bonchev–Trinajstić information content (AvgIpc) is 3.11. The summed E-state index contributed by atoms with van der Waals surface area (Å²) in [4.78, 5) is 25.3. The van der Waals surface area contributed by atoms with E-state index in [1.807, 2.05) is 0 Å². The Morgan fingerprint density at radius 2 is 2.35 bits per heavy atom. The van der Waals surface area contributed by atoms with Crippen molar-refractivity contribution in [2.75, 3.05) is 7.05 Å². The van der Waals surface area contributed by atoms with Crippen LogP contribution in [0.25, 0.3) is 0 Å². The minimum atomic E-state index is -0.569. The molecule has 1 heterocycles. The molecule has 7 nitrogen and oxygen atoms in total. The van der Waals surface area contributed by atoms with E-state index in [9.17, 15) is 14.9 Å². The lowest BCUT2D eigenvalue weighted by molar-refractivity contribution is -0.385. The minimum absolute atomic E-state index is 0.0437. The highest BCUT2D eigenvalue weighted by Crippen LogP contribution is 2.30.